The number of benzene rings is 2. The van der Waals surface area contributed by atoms with Gasteiger partial charge in [-0.1, -0.05) is 18.2 Å². The lowest BCUT2D eigenvalue weighted by Gasteiger charge is -2.24. The molecule has 2 heterocycles. The summed E-state index contributed by atoms with van der Waals surface area (Å²) in [5.74, 6) is -0.968. The number of aryl methyl sites for hydroxylation is 1. The fourth-order valence-electron chi connectivity index (χ4n) is 3.49. The quantitative estimate of drug-likeness (QED) is 0.705. The molecular formula is C18H17FN2O4S. The summed E-state index contributed by atoms with van der Waals surface area (Å²) in [4.78, 5) is 11.7. The highest BCUT2D eigenvalue weighted by atomic mass is 32.2. The summed E-state index contributed by atoms with van der Waals surface area (Å²) in [5, 5.41) is 0. The first kappa shape index (κ1) is 17.0. The Bertz CT molecular complexity index is 1150. The number of aromatic nitrogens is 1. The first-order chi connectivity index (χ1) is 12.4. The Hall–Kier alpha value is -2.45. The summed E-state index contributed by atoms with van der Waals surface area (Å²) in [7, 11) is -2.30. The minimum absolute atomic E-state index is 0.0302. The normalized spacial score (nSPS) is 18.6. The summed E-state index contributed by atoms with van der Waals surface area (Å²) < 4.78 is 48.2. The van der Waals surface area contributed by atoms with Crippen LogP contribution in [0.25, 0.3) is 11.1 Å². The van der Waals surface area contributed by atoms with Gasteiger partial charge in [0.15, 0.2) is 5.58 Å². The average Bonchev–Trinajstić information content (AvgIpc) is 3.21. The van der Waals surface area contributed by atoms with Crippen molar-refractivity contribution in [3.8, 4) is 0 Å². The summed E-state index contributed by atoms with van der Waals surface area (Å²) in [6.07, 6.45) is 1.21. The second kappa shape index (κ2) is 6.07. The largest absolute Gasteiger partial charge is 0.419 e. The van der Waals surface area contributed by atoms with Crippen molar-refractivity contribution < 1.29 is 17.2 Å². The van der Waals surface area contributed by atoms with E-state index in [4.69, 9.17) is 4.42 Å². The van der Waals surface area contributed by atoms with E-state index in [0.717, 1.165) is 0 Å². The van der Waals surface area contributed by atoms with Gasteiger partial charge >= 0.3 is 5.76 Å². The fraction of sp³-hybridized carbons (Fsp3) is 0.278. The molecule has 0 aliphatic carbocycles. The Morgan fingerprint density at radius 1 is 1.19 bits per heavy atom. The molecule has 1 aliphatic heterocycles. The number of fused-ring (bicyclic) bond motifs is 1. The van der Waals surface area contributed by atoms with Crippen LogP contribution in [-0.2, 0) is 17.1 Å². The van der Waals surface area contributed by atoms with E-state index in [-0.39, 0.29) is 10.5 Å². The molecule has 2 aromatic carbocycles. The van der Waals surface area contributed by atoms with Gasteiger partial charge in [-0.2, -0.15) is 4.31 Å². The first-order valence-corrected chi connectivity index (χ1v) is 9.69. The van der Waals surface area contributed by atoms with Crippen molar-refractivity contribution in [1.82, 2.24) is 8.87 Å². The maximum atomic E-state index is 14.2. The highest BCUT2D eigenvalue weighted by Crippen LogP contribution is 2.37. The van der Waals surface area contributed by atoms with Gasteiger partial charge in [0.1, 0.15) is 5.82 Å². The van der Waals surface area contributed by atoms with Crippen LogP contribution < -0.4 is 5.76 Å². The molecule has 0 bridgehead atoms. The van der Waals surface area contributed by atoms with Crippen LogP contribution in [0.2, 0.25) is 0 Å². The van der Waals surface area contributed by atoms with E-state index in [1.807, 2.05) is 0 Å². The van der Waals surface area contributed by atoms with E-state index in [9.17, 15) is 17.6 Å². The van der Waals surface area contributed by atoms with Crippen molar-refractivity contribution in [2.24, 2.45) is 7.05 Å². The molecule has 8 heteroatoms. The number of hydrogen-bond donors (Lipinski definition) is 0. The fourth-order valence-corrected chi connectivity index (χ4v) is 5.18. The molecule has 0 radical (unpaired) electrons. The second-order valence-electron chi connectivity index (χ2n) is 6.35. The highest BCUT2D eigenvalue weighted by Gasteiger charge is 2.37. The maximum absolute atomic E-state index is 14.2. The summed E-state index contributed by atoms with van der Waals surface area (Å²) in [5.41, 5.74) is 1.10. The van der Waals surface area contributed by atoms with E-state index in [1.165, 1.54) is 27.1 Å². The van der Waals surface area contributed by atoms with Crippen LogP contribution >= 0.6 is 0 Å². The zero-order valence-electron chi connectivity index (χ0n) is 14.1. The third-order valence-corrected chi connectivity index (χ3v) is 6.74. The van der Waals surface area contributed by atoms with Gasteiger partial charge in [-0.15, -0.1) is 0 Å². The molecule has 3 aromatic rings. The van der Waals surface area contributed by atoms with E-state index >= 15 is 0 Å². The molecule has 0 amide bonds. The highest BCUT2D eigenvalue weighted by molar-refractivity contribution is 7.89. The van der Waals surface area contributed by atoms with Gasteiger partial charge in [-0.05, 0) is 31.0 Å². The Balaban J connectivity index is 1.78. The summed E-state index contributed by atoms with van der Waals surface area (Å²) >= 11 is 0. The SMILES string of the molecule is Cn1c(=O)oc2cc(S(=O)(=O)N3CCC[C@@H]3c3ccccc3F)ccc21. The lowest BCUT2D eigenvalue weighted by Crippen LogP contribution is -2.31. The number of oxazole rings is 1. The number of hydrogen-bond acceptors (Lipinski definition) is 4. The zero-order chi connectivity index (χ0) is 18.5. The first-order valence-electron chi connectivity index (χ1n) is 8.25. The van der Waals surface area contributed by atoms with Crippen molar-refractivity contribution in [2.75, 3.05) is 6.54 Å². The van der Waals surface area contributed by atoms with Gasteiger partial charge in [-0.3, -0.25) is 4.57 Å². The molecule has 136 valence electrons. The Morgan fingerprint density at radius 2 is 1.96 bits per heavy atom. The molecule has 1 fully saturated rings. The van der Waals surface area contributed by atoms with E-state index in [2.05, 4.69) is 0 Å². The molecule has 0 unspecified atom stereocenters. The number of rotatable bonds is 3. The van der Waals surface area contributed by atoms with Crippen molar-refractivity contribution >= 4 is 21.1 Å². The smallest absolute Gasteiger partial charge is 0.408 e. The van der Waals surface area contributed by atoms with Crippen LogP contribution in [0.15, 0.2) is 56.6 Å². The van der Waals surface area contributed by atoms with E-state index in [0.29, 0.717) is 30.5 Å². The zero-order valence-corrected chi connectivity index (χ0v) is 14.9. The van der Waals surface area contributed by atoms with Gasteiger partial charge in [-0.25, -0.2) is 17.6 Å². The molecule has 0 N–H and O–H groups in total. The molecular weight excluding hydrogens is 359 g/mol. The monoisotopic (exact) mass is 376 g/mol. The summed E-state index contributed by atoms with van der Waals surface area (Å²) in [6.45, 7) is 0.318. The van der Waals surface area contributed by atoms with Crippen LogP contribution in [0.1, 0.15) is 24.4 Å². The lowest BCUT2D eigenvalue weighted by atomic mass is 10.1. The molecule has 26 heavy (non-hydrogen) atoms. The molecule has 0 saturated carbocycles. The Morgan fingerprint density at radius 3 is 2.73 bits per heavy atom. The molecule has 1 atom stereocenters. The summed E-state index contributed by atoms with van der Waals surface area (Å²) in [6, 6.07) is 10.0. The predicted molar refractivity (Wildman–Crippen MR) is 93.7 cm³/mol. The molecule has 1 aromatic heterocycles. The maximum Gasteiger partial charge on any atom is 0.419 e. The Labute approximate surface area is 149 Å². The molecule has 6 nitrogen and oxygen atoms in total. The van der Waals surface area contributed by atoms with Crippen molar-refractivity contribution in [2.45, 2.75) is 23.8 Å². The minimum Gasteiger partial charge on any atom is -0.408 e. The minimum atomic E-state index is -3.85. The van der Waals surface area contributed by atoms with E-state index < -0.39 is 27.6 Å². The van der Waals surface area contributed by atoms with Crippen molar-refractivity contribution in [3.05, 3.63) is 64.4 Å². The van der Waals surface area contributed by atoms with Crippen molar-refractivity contribution in [3.63, 3.8) is 0 Å². The average molecular weight is 376 g/mol. The van der Waals surface area contributed by atoms with Crippen LogP contribution in [0, 0.1) is 5.82 Å². The van der Waals surface area contributed by atoms with Gasteiger partial charge in [0.05, 0.1) is 16.5 Å². The van der Waals surface area contributed by atoms with Crippen LogP contribution in [0.4, 0.5) is 4.39 Å². The van der Waals surface area contributed by atoms with Crippen LogP contribution in [-0.4, -0.2) is 23.8 Å². The van der Waals surface area contributed by atoms with Gasteiger partial charge in [0, 0.05) is 25.2 Å². The Kier molecular flexibility index (Phi) is 3.96. The number of sulfonamides is 1. The van der Waals surface area contributed by atoms with Gasteiger partial charge < -0.3 is 4.42 Å². The third kappa shape index (κ3) is 2.57. The standard InChI is InChI=1S/C18H17FN2O4S/c1-20-16-9-8-12(11-17(16)25-18(20)22)26(23,24)21-10-4-7-15(21)13-5-2-3-6-14(13)19/h2-3,5-6,8-9,11,15H,4,7,10H2,1H3/t15-/m1/s1. The second-order valence-corrected chi connectivity index (χ2v) is 8.24. The number of nitrogens with zero attached hydrogens (tertiary/aromatic N) is 2. The molecule has 4 rings (SSSR count). The molecule has 1 saturated heterocycles. The molecule has 1 aliphatic rings. The lowest BCUT2D eigenvalue weighted by molar-refractivity contribution is 0.386. The number of halogens is 1. The van der Waals surface area contributed by atoms with Gasteiger partial charge in [0.2, 0.25) is 10.0 Å². The van der Waals surface area contributed by atoms with Gasteiger partial charge in [0.25, 0.3) is 0 Å². The molecule has 0 spiro atoms. The predicted octanol–water partition coefficient (Wildman–Crippen LogP) is 2.80. The third-order valence-electron chi connectivity index (χ3n) is 4.84. The van der Waals surface area contributed by atoms with Crippen LogP contribution in [0.5, 0.6) is 0 Å². The topological polar surface area (TPSA) is 72.5 Å². The van der Waals surface area contributed by atoms with E-state index in [1.54, 1.807) is 31.3 Å². The van der Waals surface area contributed by atoms with Crippen molar-refractivity contribution in [1.29, 1.82) is 0 Å². The van der Waals surface area contributed by atoms with Crippen LogP contribution in [0.3, 0.4) is 0 Å².